The second kappa shape index (κ2) is 4.53. The highest BCUT2D eigenvalue weighted by molar-refractivity contribution is 5.78. The molecule has 1 N–H and O–H groups in total. The fraction of sp³-hybridized carbons (Fsp3) is 0.615. The second-order valence-corrected chi connectivity index (χ2v) is 4.93. The van der Waals surface area contributed by atoms with Gasteiger partial charge in [-0.1, -0.05) is 0 Å². The SMILES string of the molecule is O=C(Cc1ccoc1)NC1CC2OCCCC12. The number of carbonyl (C=O) groups excluding carboxylic acids is 1. The predicted molar refractivity (Wildman–Crippen MR) is 61.4 cm³/mol. The summed E-state index contributed by atoms with van der Waals surface area (Å²) in [5.74, 6) is 0.623. The van der Waals surface area contributed by atoms with Crippen LogP contribution in [0.1, 0.15) is 24.8 Å². The summed E-state index contributed by atoms with van der Waals surface area (Å²) in [6.45, 7) is 0.886. The van der Waals surface area contributed by atoms with Crippen LogP contribution in [0.25, 0.3) is 0 Å². The van der Waals surface area contributed by atoms with Gasteiger partial charge in [-0.05, 0) is 30.9 Å². The molecule has 1 saturated heterocycles. The molecule has 2 heterocycles. The molecule has 92 valence electrons. The largest absolute Gasteiger partial charge is 0.472 e. The number of amides is 1. The lowest BCUT2D eigenvalue weighted by atomic mass is 9.72. The van der Waals surface area contributed by atoms with E-state index in [1.54, 1.807) is 12.5 Å². The highest BCUT2D eigenvalue weighted by Crippen LogP contribution is 2.37. The fourth-order valence-corrected chi connectivity index (χ4v) is 2.80. The van der Waals surface area contributed by atoms with E-state index in [-0.39, 0.29) is 5.91 Å². The van der Waals surface area contributed by atoms with Gasteiger partial charge in [0.15, 0.2) is 0 Å². The molecule has 1 aliphatic carbocycles. The Morgan fingerprint density at radius 2 is 2.47 bits per heavy atom. The molecule has 0 spiro atoms. The van der Waals surface area contributed by atoms with Gasteiger partial charge in [0, 0.05) is 18.6 Å². The fourth-order valence-electron chi connectivity index (χ4n) is 2.80. The maximum Gasteiger partial charge on any atom is 0.224 e. The molecule has 17 heavy (non-hydrogen) atoms. The topological polar surface area (TPSA) is 51.5 Å². The Morgan fingerprint density at radius 1 is 1.53 bits per heavy atom. The predicted octanol–water partition coefficient (Wildman–Crippen LogP) is 1.51. The molecular formula is C13H17NO3. The molecule has 0 bridgehead atoms. The molecular weight excluding hydrogens is 218 g/mol. The molecule has 3 atom stereocenters. The van der Waals surface area contributed by atoms with Crippen molar-refractivity contribution in [1.82, 2.24) is 5.32 Å². The van der Waals surface area contributed by atoms with Gasteiger partial charge in [-0.25, -0.2) is 0 Å². The van der Waals surface area contributed by atoms with Crippen molar-refractivity contribution < 1.29 is 13.9 Å². The third-order valence-electron chi connectivity index (χ3n) is 3.79. The van der Waals surface area contributed by atoms with E-state index in [0.29, 0.717) is 24.5 Å². The van der Waals surface area contributed by atoms with Crippen molar-refractivity contribution in [3.8, 4) is 0 Å². The van der Waals surface area contributed by atoms with Gasteiger partial charge in [-0.3, -0.25) is 4.79 Å². The van der Waals surface area contributed by atoms with Crippen LogP contribution in [-0.2, 0) is 16.0 Å². The third-order valence-corrected chi connectivity index (χ3v) is 3.79. The highest BCUT2D eigenvalue weighted by Gasteiger charge is 2.43. The zero-order valence-electron chi connectivity index (χ0n) is 9.72. The highest BCUT2D eigenvalue weighted by atomic mass is 16.5. The summed E-state index contributed by atoms with van der Waals surface area (Å²) in [7, 11) is 0. The van der Waals surface area contributed by atoms with Gasteiger partial charge in [0.25, 0.3) is 0 Å². The van der Waals surface area contributed by atoms with E-state index < -0.39 is 0 Å². The molecule has 3 rings (SSSR count). The number of furan rings is 1. The first-order valence-electron chi connectivity index (χ1n) is 6.25. The molecule has 1 saturated carbocycles. The molecule has 2 aliphatic rings. The van der Waals surface area contributed by atoms with Crippen LogP contribution >= 0.6 is 0 Å². The summed E-state index contributed by atoms with van der Waals surface area (Å²) >= 11 is 0. The average molecular weight is 235 g/mol. The quantitative estimate of drug-likeness (QED) is 0.864. The lowest BCUT2D eigenvalue weighted by Gasteiger charge is -2.47. The zero-order valence-corrected chi connectivity index (χ0v) is 9.72. The molecule has 0 radical (unpaired) electrons. The Morgan fingerprint density at radius 3 is 3.24 bits per heavy atom. The zero-order chi connectivity index (χ0) is 11.7. The maximum absolute atomic E-state index is 11.8. The molecule has 4 heteroatoms. The van der Waals surface area contributed by atoms with Gasteiger partial charge in [0.2, 0.25) is 5.91 Å². The minimum absolute atomic E-state index is 0.0837. The van der Waals surface area contributed by atoms with Gasteiger partial charge < -0.3 is 14.5 Å². The van der Waals surface area contributed by atoms with Gasteiger partial charge in [-0.2, -0.15) is 0 Å². The van der Waals surface area contributed by atoms with Crippen molar-refractivity contribution in [2.75, 3.05) is 6.61 Å². The lowest BCUT2D eigenvalue weighted by molar-refractivity contribution is -0.131. The molecule has 1 aromatic rings. The standard InChI is InChI=1S/C13H17NO3/c15-13(6-9-3-5-16-8-9)14-11-7-12-10(11)2-1-4-17-12/h3,5,8,10-12H,1-2,4,6-7H2,(H,14,15). The van der Waals surface area contributed by atoms with Crippen molar-refractivity contribution >= 4 is 5.91 Å². The summed E-state index contributed by atoms with van der Waals surface area (Å²) in [6.07, 6.45) is 7.29. The lowest BCUT2D eigenvalue weighted by Crippen LogP contribution is -2.58. The molecule has 2 fully saturated rings. The van der Waals surface area contributed by atoms with Crippen molar-refractivity contribution in [2.24, 2.45) is 5.92 Å². The van der Waals surface area contributed by atoms with E-state index in [9.17, 15) is 4.79 Å². The number of fused-ring (bicyclic) bond motifs is 1. The second-order valence-electron chi connectivity index (χ2n) is 4.93. The van der Waals surface area contributed by atoms with E-state index in [4.69, 9.17) is 9.15 Å². The first-order valence-corrected chi connectivity index (χ1v) is 6.25. The Bertz CT molecular complexity index is 387. The van der Waals surface area contributed by atoms with E-state index in [1.807, 2.05) is 6.07 Å². The Labute approximate surface area is 100 Å². The number of ether oxygens (including phenoxy) is 1. The Balaban J connectivity index is 1.49. The van der Waals surface area contributed by atoms with Crippen LogP contribution in [0.3, 0.4) is 0 Å². The average Bonchev–Trinajstić information content (AvgIpc) is 2.79. The molecule has 3 unspecified atom stereocenters. The van der Waals surface area contributed by atoms with Crippen LogP contribution < -0.4 is 5.32 Å². The number of carbonyl (C=O) groups is 1. The smallest absolute Gasteiger partial charge is 0.224 e. The summed E-state index contributed by atoms with van der Waals surface area (Å²) in [5.41, 5.74) is 0.929. The molecule has 1 aliphatic heterocycles. The van der Waals surface area contributed by atoms with E-state index in [1.165, 1.54) is 6.42 Å². The molecule has 4 nitrogen and oxygen atoms in total. The number of nitrogens with one attached hydrogen (secondary N) is 1. The van der Waals surface area contributed by atoms with Crippen LogP contribution in [0.4, 0.5) is 0 Å². The van der Waals surface area contributed by atoms with Crippen LogP contribution in [-0.4, -0.2) is 24.7 Å². The summed E-state index contributed by atoms with van der Waals surface area (Å²) in [4.78, 5) is 11.8. The minimum Gasteiger partial charge on any atom is -0.472 e. The minimum atomic E-state index is 0.0837. The molecule has 1 amide bonds. The van der Waals surface area contributed by atoms with Crippen LogP contribution in [0, 0.1) is 5.92 Å². The van der Waals surface area contributed by atoms with Crippen LogP contribution in [0.15, 0.2) is 23.0 Å². The summed E-state index contributed by atoms with van der Waals surface area (Å²) in [5, 5.41) is 3.09. The van der Waals surface area contributed by atoms with Crippen LogP contribution in [0.5, 0.6) is 0 Å². The molecule has 0 aromatic carbocycles. The maximum atomic E-state index is 11.8. The first-order chi connectivity index (χ1) is 8.33. The van der Waals surface area contributed by atoms with E-state index >= 15 is 0 Å². The van der Waals surface area contributed by atoms with Crippen molar-refractivity contribution in [3.63, 3.8) is 0 Å². The summed E-state index contributed by atoms with van der Waals surface area (Å²) < 4.78 is 10.6. The van der Waals surface area contributed by atoms with Gasteiger partial charge >= 0.3 is 0 Å². The first kappa shape index (κ1) is 10.8. The Kier molecular flexibility index (Phi) is 2.89. The Hall–Kier alpha value is -1.29. The van der Waals surface area contributed by atoms with E-state index in [2.05, 4.69) is 5.32 Å². The number of hydrogen-bond acceptors (Lipinski definition) is 3. The summed E-state index contributed by atoms with van der Waals surface area (Å²) in [6, 6.07) is 2.15. The molecule has 1 aromatic heterocycles. The number of rotatable bonds is 3. The van der Waals surface area contributed by atoms with Crippen molar-refractivity contribution in [1.29, 1.82) is 0 Å². The van der Waals surface area contributed by atoms with Crippen LogP contribution in [0.2, 0.25) is 0 Å². The van der Waals surface area contributed by atoms with E-state index in [0.717, 1.165) is 25.0 Å². The van der Waals surface area contributed by atoms with Gasteiger partial charge in [0.05, 0.1) is 25.1 Å². The monoisotopic (exact) mass is 235 g/mol. The third kappa shape index (κ3) is 2.22. The normalized spacial score (nSPS) is 31.4. The van der Waals surface area contributed by atoms with Gasteiger partial charge in [0.1, 0.15) is 0 Å². The van der Waals surface area contributed by atoms with Gasteiger partial charge in [-0.15, -0.1) is 0 Å². The number of hydrogen-bond donors (Lipinski definition) is 1. The van der Waals surface area contributed by atoms with Crippen molar-refractivity contribution in [3.05, 3.63) is 24.2 Å². The van der Waals surface area contributed by atoms with Crippen molar-refractivity contribution in [2.45, 2.75) is 37.8 Å².